The second-order valence-corrected chi connectivity index (χ2v) is 5.81. The maximum atomic E-state index is 12.0. The smallest absolute Gasteiger partial charge is 0.249 e. The van der Waals surface area contributed by atoms with E-state index in [1.54, 1.807) is 0 Å². The lowest BCUT2D eigenvalue weighted by molar-refractivity contribution is -0.132. The molecule has 0 aromatic heterocycles. The molecule has 0 aromatic carbocycles. The number of carbonyl (C=O) groups excluding carboxylic acids is 1. The molecule has 0 bridgehead atoms. The lowest BCUT2D eigenvalue weighted by atomic mass is 9.94. The molecule has 1 heterocycles. The van der Waals surface area contributed by atoms with Gasteiger partial charge < -0.3 is 20.9 Å². The number of nitrogens with two attached hydrogens (primary N) is 1. The van der Waals surface area contributed by atoms with Gasteiger partial charge >= 0.3 is 0 Å². The highest BCUT2D eigenvalue weighted by Gasteiger charge is 2.29. The number of hydrogen-bond acceptors (Lipinski definition) is 4. The van der Waals surface area contributed by atoms with Crippen molar-refractivity contribution in [1.29, 1.82) is 0 Å². The molecule has 5 heteroatoms. The zero-order valence-corrected chi connectivity index (χ0v) is 12.1. The molecule has 4 N–H and O–H groups in total. The molecule has 1 aliphatic heterocycles. The third-order valence-corrected chi connectivity index (χ3v) is 3.57. The Balaban J connectivity index is 2.31. The van der Waals surface area contributed by atoms with Crippen molar-refractivity contribution in [3.05, 3.63) is 0 Å². The molecule has 1 amide bonds. The Morgan fingerprint density at radius 2 is 2.21 bits per heavy atom. The van der Waals surface area contributed by atoms with Gasteiger partial charge in [-0.2, -0.15) is 0 Å². The van der Waals surface area contributed by atoms with E-state index in [0.717, 1.165) is 25.7 Å². The van der Waals surface area contributed by atoms with Gasteiger partial charge in [-0.05, 0) is 37.5 Å². The monoisotopic (exact) mass is 272 g/mol. The number of aliphatic hydroxyl groups excluding tert-OH is 1. The van der Waals surface area contributed by atoms with Crippen LogP contribution in [-0.4, -0.2) is 42.9 Å². The van der Waals surface area contributed by atoms with E-state index in [4.69, 9.17) is 15.6 Å². The van der Waals surface area contributed by atoms with E-state index in [1.807, 2.05) is 0 Å². The van der Waals surface area contributed by atoms with Crippen molar-refractivity contribution >= 4 is 5.91 Å². The van der Waals surface area contributed by atoms with Gasteiger partial charge in [0.05, 0.1) is 6.10 Å². The number of carbonyl (C=O) groups is 1. The summed E-state index contributed by atoms with van der Waals surface area (Å²) in [7, 11) is 0. The van der Waals surface area contributed by atoms with Crippen LogP contribution in [0, 0.1) is 11.8 Å². The van der Waals surface area contributed by atoms with Crippen molar-refractivity contribution < 1.29 is 14.6 Å². The molecule has 3 atom stereocenters. The first-order valence-electron chi connectivity index (χ1n) is 7.30. The first kappa shape index (κ1) is 16.4. The molecule has 112 valence electrons. The van der Waals surface area contributed by atoms with E-state index in [-0.39, 0.29) is 24.7 Å². The van der Waals surface area contributed by atoms with E-state index in [9.17, 15) is 4.79 Å². The minimum atomic E-state index is -0.345. The van der Waals surface area contributed by atoms with Gasteiger partial charge in [-0.3, -0.25) is 4.79 Å². The van der Waals surface area contributed by atoms with Crippen LogP contribution in [0.15, 0.2) is 0 Å². The second-order valence-electron chi connectivity index (χ2n) is 5.81. The summed E-state index contributed by atoms with van der Waals surface area (Å²) in [5.41, 5.74) is 5.53. The summed E-state index contributed by atoms with van der Waals surface area (Å²) in [6.45, 7) is 5.56. The van der Waals surface area contributed by atoms with Gasteiger partial charge in [0.2, 0.25) is 5.91 Å². The fourth-order valence-electron chi connectivity index (χ4n) is 2.58. The summed E-state index contributed by atoms with van der Waals surface area (Å²) in [4.78, 5) is 12.0. The van der Waals surface area contributed by atoms with Crippen LogP contribution in [-0.2, 0) is 9.53 Å². The lowest BCUT2D eigenvalue weighted by Gasteiger charge is -2.20. The van der Waals surface area contributed by atoms with Crippen LogP contribution in [0.1, 0.15) is 39.5 Å². The largest absolute Gasteiger partial charge is 0.396 e. The maximum Gasteiger partial charge on any atom is 0.249 e. The van der Waals surface area contributed by atoms with E-state index >= 15 is 0 Å². The number of aliphatic hydroxyl groups is 1. The molecule has 5 nitrogen and oxygen atoms in total. The number of amides is 1. The molecule has 1 aliphatic rings. The van der Waals surface area contributed by atoms with Crippen LogP contribution in [0.5, 0.6) is 0 Å². The van der Waals surface area contributed by atoms with Crippen molar-refractivity contribution in [3.63, 3.8) is 0 Å². The maximum absolute atomic E-state index is 12.0. The molecule has 0 aliphatic carbocycles. The fourth-order valence-corrected chi connectivity index (χ4v) is 2.58. The summed E-state index contributed by atoms with van der Waals surface area (Å²) in [6.07, 6.45) is 3.04. The molecule has 1 unspecified atom stereocenters. The molecule has 1 saturated heterocycles. The Kier molecular flexibility index (Phi) is 7.34. The standard InChI is InChI=1S/C14H28N2O3/c1-10(2)7-11(5-6-17)9-16-14(18)13-4-3-12(8-15)19-13/h10-13,17H,3-9,15H2,1-2H3,(H,16,18)/t11?,12-,13+/m1/s1. The zero-order valence-electron chi connectivity index (χ0n) is 12.1. The third kappa shape index (κ3) is 5.89. The molecule has 0 saturated carbocycles. The van der Waals surface area contributed by atoms with Crippen molar-refractivity contribution in [2.24, 2.45) is 17.6 Å². The fraction of sp³-hybridized carbons (Fsp3) is 0.929. The predicted molar refractivity (Wildman–Crippen MR) is 74.6 cm³/mol. The van der Waals surface area contributed by atoms with Crippen LogP contribution in [0.2, 0.25) is 0 Å². The Morgan fingerprint density at radius 3 is 2.74 bits per heavy atom. The Morgan fingerprint density at radius 1 is 1.47 bits per heavy atom. The number of nitrogens with one attached hydrogen (secondary N) is 1. The summed E-state index contributed by atoms with van der Waals surface area (Å²) in [5, 5.41) is 12.0. The SMILES string of the molecule is CC(C)CC(CCO)CNC(=O)[C@@H]1CC[C@H](CN)O1. The Hall–Kier alpha value is -0.650. The van der Waals surface area contributed by atoms with Gasteiger partial charge in [-0.1, -0.05) is 13.8 Å². The molecular formula is C14H28N2O3. The van der Waals surface area contributed by atoms with Crippen molar-refractivity contribution in [2.75, 3.05) is 19.7 Å². The Labute approximate surface area is 115 Å². The quantitative estimate of drug-likeness (QED) is 0.606. The minimum Gasteiger partial charge on any atom is -0.396 e. The Bertz CT molecular complexity index is 271. The van der Waals surface area contributed by atoms with Gasteiger partial charge in [-0.25, -0.2) is 0 Å². The van der Waals surface area contributed by atoms with Gasteiger partial charge in [0, 0.05) is 19.7 Å². The normalized spacial score (nSPS) is 24.7. The van der Waals surface area contributed by atoms with Crippen molar-refractivity contribution in [1.82, 2.24) is 5.32 Å². The average Bonchev–Trinajstić information content (AvgIpc) is 2.84. The number of rotatable bonds is 8. The first-order valence-corrected chi connectivity index (χ1v) is 7.30. The van der Waals surface area contributed by atoms with Crippen molar-refractivity contribution in [2.45, 2.75) is 51.7 Å². The van der Waals surface area contributed by atoms with Gasteiger partial charge in [-0.15, -0.1) is 0 Å². The number of ether oxygens (including phenoxy) is 1. The lowest BCUT2D eigenvalue weighted by Crippen LogP contribution is -2.38. The summed E-state index contributed by atoms with van der Waals surface area (Å²) >= 11 is 0. The zero-order chi connectivity index (χ0) is 14.3. The van der Waals surface area contributed by atoms with Gasteiger partial charge in [0.25, 0.3) is 0 Å². The van der Waals surface area contributed by atoms with E-state index in [2.05, 4.69) is 19.2 Å². The number of hydrogen-bond donors (Lipinski definition) is 3. The van der Waals surface area contributed by atoms with Crippen molar-refractivity contribution in [3.8, 4) is 0 Å². The van der Waals surface area contributed by atoms with Crippen LogP contribution < -0.4 is 11.1 Å². The minimum absolute atomic E-state index is 0.0275. The van der Waals surface area contributed by atoms with Crippen LogP contribution in [0.3, 0.4) is 0 Å². The molecule has 1 rings (SSSR count). The summed E-state index contributed by atoms with van der Waals surface area (Å²) in [6, 6.07) is 0. The molecule has 0 aromatic rings. The highest BCUT2D eigenvalue weighted by molar-refractivity contribution is 5.81. The molecule has 0 spiro atoms. The second kappa shape index (κ2) is 8.51. The van der Waals surface area contributed by atoms with Crippen LogP contribution in [0.25, 0.3) is 0 Å². The highest BCUT2D eigenvalue weighted by atomic mass is 16.5. The molecule has 1 fully saturated rings. The highest BCUT2D eigenvalue weighted by Crippen LogP contribution is 2.19. The van der Waals surface area contributed by atoms with Gasteiger partial charge in [0.15, 0.2) is 0 Å². The van der Waals surface area contributed by atoms with E-state index in [0.29, 0.717) is 24.9 Å². The third-order valence-electron chi connectivity index (χ3n) is 3.57. The van der Waals surface area contributed by atoms with Crippen LogP contribution >= 0.6 is 0 Å². The predicted octanol–water partition coefficient (Wildman–Crippen LogP) is 0.654. The summed E-state index contributed by atoms with van der Waals surface area (Å²) in [5.74, 6) is 0.862. The molecule has 0 radical (unpaired) electrons. The van der Waals surface area contributed by atoms with E-state index < -0.39 is 0 Å². The summed E-state index contributed by atoms with van der Waals surface area (Å²) < 4.78 is 5.56. The molecular weight excluding hydrogens is 244 g/mol. The molecule has 19 heavy (non-hydrogen) atoms. The average molecular weight is 272 g/mol. The van der Waals surface area contributed by atoms with Gasteiger partial charge in [0.1, 0.15) is 6.10 Å². The van der Waals surface area contributed by atoms with Crippen LogP contribution in [0.4, 0.5) is 0 Å². The topological polar surface area (TPSA) is 84.6 Å². The van der Waals surface area contributed by atoms with E-state index in [1.165, 1.54) is 0 Å². The first-order chi connectivity index (χ1) is 9.06.